The molecule has 1 N–H and O–H groups in total. The number of carbonyl (C=O) groups is 1. The van der Waals surface area contributed by atoms with Gasteiger partial charge in [0.1, 0.15) is 5.52 Å². The van der Waals surface area contributed by atoms with Crippen LogP contribution >= 0.6 is 0 Å². The lowest BCUT2D eigenvalue weighted by Gasteiger charge is -2.36. The summed E-state index contributed by atoms with van der Waals surface area (Å²) >= 11 is 0. The van der Waals surface area contributed by atoms with Crippen LogP contribution in [0.2, 0.25) is 0 Å². The van der Waals surface area contributed by atoms with E-state index in [1.54, 1.807) is 28.1 Å². The van der Waals surface area contributed by atoms with E-state index in [1.165, 1.54) is 5.56 Å². The minimum atomic E-state index is -0.325. The smallest absolute Gasteiger partial charge is 0.256 e. The Morgan fingerprint density at radius 3 is 2.96 bits per heavy atom. The number of hydrogen-bond acceptors (Lipinski definition) is 4. The van der Waals surface area contributed by atoms with Gasteiger partial charge in [-0.2, -0.15) is 0 Å². The Labute approximate surface area is 139 Å². The number of pyridine rings is 1. The van der Waals surface area contributed by atoms with Crippen LogP contribution in [0.25, 0.3) is 11.2 Å². The van der Waals surface area contributed by atoms with Gasteiger partial charge in [-0.25, -0.2) is 9.97 Å². The van der Waals surface area contributed by atoms with Crippen LogP contribution in [0.4, 0.5) is 0 Å². The third-order valence-electron chi connectivity index (χ3n) is 4.68. The molecule has 1 aliphatic heterocycles. The summed E-state index contributed by atoms with van der Waals surface area (Å²) in [6.07, 6.45) is 4.07. The van der Waals surface area contributed by atoms with Crippen molar-refractivity contribution in [1.82, 2.24) is 19.4 Å². The summed E-state index contributed by atoms with van der Waals surface area (Å²) in [4.78, 5) is 23.5. The number of aliphatic hydroxyl groups excluding tert-OH is 1. The lowest BCUT2D eigenvalue weighted by molar-refractivity contribution is 0.0570. The molecule has 6 heteroatoms. The molecule has 1 atom stereocenters. The maximum Gasteiger partial charge on any atom is 0.256 e. The van der Waals surface area contributed by atoms with Crippen LogP contribution in [-0.4, -0.2) is 43.6 Å². The Balaban J connectivity index is 1.76. The SMILES string of the molecule is Cn1cnc2c(C(=O)N3CCc4ccccc4C3CO)ccnc21. The van der Waals surface area contributed by atoms with Crippen molar-refractivity contribution in [3.8, 4) is 0 Å². The van der Waals surface area contributed by atoms with Gasteiger partial charge in [-0.15, -0.1) is 0 Å². The molecule has 1 amide bonds. The zero-order valence-electron chi connectivity index (χ0n) is 13.4. The molecule has 6 nitrogen and oxygen atoms in total. The monoisotopic (exact) mass is 322 g/mol. The van der Waals surface area contributed by atoms with Crippen molar-refractivity contribution in [2.24, 2.45) is 7.05 Å². The molecule has 0 spiro atoms. The fourth-order valence-corrected chi connectivity index (χ4v) is 3.45. The first-order valence-corrected chi connectivity index (χ1v) is 7.96. The molecule has 0 aliphatic carbocycles. The lowest BCUT2D eigenvalue weighted by Crippen LogP contribution is -2.41. The maximum absolute atomic E-state index is 13.1. The first-order valence-electron chi connectivity index (χ1n) is 7.96. The van der Waals surface area contributed by atoms with Crippen molar-refractivity contribution in [2.45, 2.75) is 12.5 Å². The first kappa shape index (κ1) is 14.8. The van der Waals surface area contributed by atoms with Crippen molar-refractivity contribution in [1.29, 1.82) is 0 Å². The normalized spacial score (nSPS) is 17.1. The number of imidazole rings is 1. The quantitative estimate of drug-likeness (QED) is 0.779. The molecule has 4 rings (SSSR count). The largest absolute Gasteiger partial charge is 0.394 e. The molecule has 1 aliphatic rings. The Morgan fingerprint density at radius 2 is 2.12 bits per heavy atom. The Morgan fingerprint density at radius 1 is 1.29 bits per heavy atom. The fraction of sp³-hybridized carbons (Fsp3) is 0.278. The molecule has 0 bridgehead atoms. The van der Waals surface area contributed by atoms with Crippen LogP contribution < -0.4 is 0 Å². The molecule has 3 heterocycles. The summed E-state index contributed by atoms with van der Waals surface area (Å²) in [6, 6.07) is 9.35. The minimum Gasteiger partial charge on any atom is -0.394 e. The summed E-state index contributed by atoms with van der Waals surface area (Å²) in [5.41, 5.74) is 4.02. The second kappa shape index (κ2) is 5.72. The lowest BCUT2D eigenvalue weighted by atomic mass is 9.92. The van der Waals surface area contributed by atoms with Gasteiger partial charge in [0.05, 0.1) is 24.5 Å². The number of hydrogen-bond donors (Lipinski definition) is 1. The van der Waals surface area contributed by atoms with E-state index in [1.807, 2.05) is 25.2 Å². The van der Waals surface area contributed by atoms with Gasteiger partial charge in [-0.05, 0) is 23.6 Å². The highest BCUT2D eigenvalue weighted by Crippen LogP contribution is 2.31. The van der Waals surface area contributed by atoms with Gasteiger partial charge >= 0.3 is 0 Å². The summed E-state index contributed by atoms with van der Waals surface area (Å²) in [5, 5.41) is 9.90. The van der Waals surface area contributed by atoms with Crippen molar-refractivity contribution in [3.05, 3.63) is 59.5 Å². The minimum absolute atomic E-state index is 0.0980. The third kappa shape index (κ3) is 2.18. The highest BCUT2D eigenvalue weighted by molar-refractivity contribution is 6.04. The van der Waals surface area contributed by atoms with Gasteiger partial charge in [-0.3, -0.25) is 4.79 Å². The van der Waals surface area contributed by atoms with E-state index in [2.05, 4.69) is 16.0 Å². The Hall–Kier alpha value is -2.73. The number of aromatic nitrogens is 3. The number of benzene rings is 1. The molecule has 0 saturated heterocycles. The predicted octanol–water partition coefficient (Wildman–Crippen LogP) is 1.70. The van der Waals surface area contributed by atoms with Gasteiger partial charge in [0.15, 0.2) is 5.65 Å². The van der Waals surface area contributed by atoms with Crippen LogP contribution in [0.3, 0.4) is 0 Å². The maximum atomic E-state index is 13.1. The number of fused-ring (bicyclic) bond motifs is 2. The first-order chi connectivity index (χ1) is 11.7. The average Bonchev–Trinajstić information content (AvgIpc) is 3.01. The fourth-order valence-electron chi connectivity index (χ4n) is 3.45. The van der Waals surface area contributed by atoms with E-state index in [0.29, 0.717) is 23.3 Å². The number of carbonyl (C=O) groups excluding carboxylic acids is 1. The molecule has 3 aromatic rings. The number of amides is 1. The topological polar surface area (TPSA) is 71.2 Å². The van der Waals surface area contributed by atoms with Crippen LogP contribution in [-0.2, 0) is 13.5 Å². The van der Waals surface area contributed by atoms with E-state index in [0.717, 1.165) is 12.0 Å². The molecule has 0 saturated carbocycles. The molecule has 1 aromatic carbocycles. The Bertz CT molecular complexity index is 918. The van der Waals surface area contributed by atoms with E-state index >= 15 is 0 Å². The standard InChI is InChI=1S/C18H18N4O2/c1-21-11-20-16-14(6-8-19-17(16)21)18(24)22-9-7-12-4-2-3-5-13(12)15(22)10-23/h2-6,8,11,15,23H,7,9-10H2,1H3. The second-order valence-corrected chi connectivity index (χ2v) is 6.03. The number of aliphatic hydroxyl groups is 1. The van der Waals surface area contributed by atoms with Crippen LogP contribution in [0.1, 0.15) is 27.5 Å². The van der Waals surface area contributed by atoms with Gasteiger partial charge in [0.25, 0.3) is 5.91 Å². The van der Waals surface area contributed by atoms with Crippen LogP contribution in [0.15, 0.2) is 42.9 Å². The van der Waals surface area contributed by atoms with E-state index in [9.17, 15) is 9.90 Å². The van der Waals surface area contributed by atoms with Crippen molar-refractivity contribution >= 4 is 17.1 Å². The zero-order valence-corrected chi connectivity index (χ0v) is 13.4. The molecule has 2 aromatic heterocycles. The van der Waals surface area contributed by atoms with E-state index in [4.69, 9.17) is 0 Å². The molecule has 1 unspecified atom stereocenters. The van der Waals surface area contributed by atoms with Gasteiger partial charge in [0.2, 0.25) is 0 Å². The van der Waals surface area contributed by atoms with Crippen molar-refractivity contribution < 1.29 is 9.90 Å². The molecule has 24 heavy (non-hydrogen) atoms. The number of aryl methyl sites for hydroxylation is 1. The predicted molar refractivity (Wildman–Crippen MR) is 89.5 cm³/mol. The molecule has 122 valence electrons. The van der Waals surface area contributed by atoms with E-state index in [-0.39, 0.29) is 18.6 Å². The molecular formula is C18H18N4O2. The van der Waals surface area contributed by atoms with Gasteiger partial charge in [0, 0.05) is 19.8 Å². The number of nitrogens with zero attached hydrogens (tertiary/aromatic N) is 4. The number of rotatable bonds is 2. The van der Waals surface area contributed by atoms with Gasteiger partial charge < -0.3 is 14.6 Å². The Kier molecular flexibility index (Phi) is 3.54. The van der Waals surface area contributed by atoms with E-state index < -0.39 is 0 Å². The third-order valence-corrected chi connectivity index (χ3v) is 4.68. The highest BCUT2D eigenvalue weighted by Gasteiger charge is 2.31. The van der Waals surface area contributed by atoms with Crippen LogP contribution in [0.5, 0.6) is 0 Å². The second-order valence-electron chi connectivity index (χ2n) is 6.03. The molecule has 0 radical (unpaired) electrons. The zero-order chi connectivity index (χ0) is 16.7. The average molecular weight is 322 g/mol. The summed E-state index contributed by atoms with van der Waals surface area (Å²) < 4.78 is 1.79. The summed E-state index contributed by atoms with van der Waals surface area (Å²) in [7, 11) is 1.85. The summed E-state index contributed by atoms with van der Waals surface area (Å²) in [5.74, 6) is -0.116. The molecular weight excluding hydrogens is 304 g/mol. The van der Waals surface area contributed by atoms with Crippen molar-refractivity contribution in [3.63, 3.8) is 0 Å². The van der Waals surface area contributed by atoms with Crippen LogP contribution in [0, 0.1) is 0 Å². The van der Waals surface area contributed by atoms with Gasteiger partial charge in [-0.1, -0.05) is 24.3 Å². The summed E-state index contributed by atoms with van der Waals surface area (Å²) in [6.45, 7) is 0.483. The molecule has 0 fully saturated rings. The van der Waals surface area contributed by atoms with Crippen molar-refractivity contribution in [2.75, 3.05) is 13.2 Å². The highest BCUT2D eigenvalue weighted by atomic mass is 16.3.